The molecule has 3 aromatic carbocycles. The minimum Gasteiger partial charge on any atom is -0.497 e. The summed E-state index contributed by atoms with van der Waals surface area (Å²) in [7, 11) is -0.593. The van der Waals surface area contributed by atoms with Gasteiger partial charge in [-0.05, 0) is 85.5 Å². The van der Waals surface area contributed by atoms with Gasteiger partial charge in [-0.3, -0.25) is 9.52 Å². The highest BCUT2D eigenvalue weighted by Crippen LogP contribution is 2.26. The number of methoxy groups -OCH3 is 2. The first-order chi connectivity index (χ1) is 16.4. The van der Waals surface area contributed by atoms with Gasteiger partial charge in [-0.25, -0.2) is 8.42 Å². The lowest BCUT2D eigenvalue weighted by Gasteiger charge is -2.25. The van der Waals surface area contributed by atoms with E-state index in [0.29, 0.717) is 23.5 Å². The molecule has 1 aliphatic heterocycles. The molecule has 7 nitrogen and oxygen atoms in total. The highest BCUT2D eigenvalue weighted by Gasteiger charge is 2.29. The third-order valence-electron chi connectivity index (χ3n) is 6.00. The molecule has 0 saturated carbocycles. The van der Waals surface area contributed by atoms with Crippen LogP contribution < -0.4 is 14.2 Å². The van der Waals surface area contributed by atoms with Gasteiger partial charge in [0, 0.05) is 23.8 Å². The number of likely N-dealkylation sites (tertiary alicyclic amines) is 1. The Balaban J connectivity index is 1.45. The number of ether oxygens (including phenoxy) is 2. The van der Waals surface area contributed by atoms with Crippen LogP contribution in [0.25, 0.3) is 0 Å². The zero-order valence-corrected chi connectivity index (χ0v) is 20.0. The van der Waals surface area contributed by atoms with E-state index in [1.165, 1.54) is 12.1 Å². The Morgan fingerprint density at radius 1 is 0.971 bits per heavy atom. The Morgan fingerprint density at radius 2 is 1.68 bits per heavy atom. The Kier molecular flexibility index (Phi) is 7.07. The van der Waals surface area contributed by atoms with Crippen LogP contribution >= 0.6 is 0 Å². The van der Waals surface area contributed by atoms with Crippen molar-refractivity contribution in [1.29, 1.82) is 0 Å². The molecule has 178 valence electrons. The Bertz CT molecular complexity index is 1240. The number of amides is 1. The average Bonchev–Trinajstić information content (AvgIpc) is 3.32. The second-order valence-electron chi connectivity index (χ2n) is 8.21. The third-order valence-corrected chi connectivity index (χ3v) is 7.39. The van der Waals surface area contributed by atoms with Gasteiger partial charge in [0.15, 0.2) is 0 Å². The zero-order chi connectivity index (χ0) is 24.1. The van der Waals surface area contributed by atoms with Gasteiger partial charge in [0.25, 0.3) is 15.9 Å². The van der Waals surface area contributed by atoms with Gasteiger partial charge < -0.3 is 14.4 Å². The third kappa shape index (κ3) is 5.34. The standard InChI is InChI=1S/C26H28N2O5S/c1-32-23-12-10-21(11-13-23)27-34(30,31)25-14-8-20(9-15-25)26(29)28-16-4-6-22(28)17-19-5-3-7-24(18-19)33-2/h3,5,7-15,18,22,27H,4,6,16-17H2,1-2H3. The molecule has 1 unspecified atom stereocenters. The molecule has 34 heavy (non-hydrogen) atoms. The van der Waals surface area contributed by atoms with Crippen molar-refractivity contribution < 1.29 is 22.7 Å². The number of hydrogen-bond acceptors (Lipinski definition) is 5. The molecule has 1 fully saturated rings. The topological polar surface area (TPSA) is 84.9 Å². The van der Waals surface area contributed by atoms with Gasteiger partial charge in [-0.15, -0.1) is 0 Å². The molecular formula is C26H28N2O5S. The number of nitrogens with one attached hydrogen (secondary N) is 1. The number of anilines is 1. The van der Waals surface area contributed by atoms with E-state index in [9.17, 15) is 13.2 Å². The van der Waals surface area contributed by atoms with Crippen LogP contribution in [0.2, 0.25) is 0 Å². The summed E-state index contributed by atoms with van der Waals surface area (Å²) in [5, 5.41) is 0. The minimum atomic E-state index is -3.78. The Hall–Kier alpha value is -3.52. The maximum atomic E-state index is 13.2. The summed E-state index contributed by atoms with van der Waals surface area (Å²) in [4.78, 5) is 15.2. The van der Waals surface area contributed by atoms with E-state index in [1.807, 2.05) is 29.2 Å². The molecule has 0 aromatic heterocycles. The van der Waals surface area contributed by atoms with E-state index < -0.39 is 10.0 Å². The Labute approximate surface area is 200 Å². The number of hydrogen-bond donors (Lipinski definition) is 1. The first kappa shape index (κ1) is 23.6. The van der Waals surface area contributed by atoms with Crippen molar-refractivity contribution in [2.45, 2.75) is 30.2 Å². The molecule has 1 aliphatic rings. The molecule has 8 heteroatoms. The largest absolute Gasteiger partial charge is 0.497 e. The lowest BCUT2D eigenvalue weighted by atomic mass is 10.0. The van der Waals surface area contributed by atoms with Crippen LogP contribution in [-0.4, -0.2) is 46.0 Å². The summed E-state index contributed by atoms with van der Waals surface area (Å²) in [6.07, 6.45) is 2.63. The van der Waals surface area contributed by atoms with Gasteiger partial charge in [-0.2, -0.15) is 0 Å². The van der Waals surface area contributed by atoms with E-state index in [1.54, 1.807) is 50.6 Å². The molecule has 1 saturated heterocycles. The fourth-order valence-corrected chi connectivity index (χ4v) is 5.26. The number of carbonyl (C=O) groups excluding carboxylic acids is 1. The molecule has 0 radical (unpaired) electrons. The normalized spacial score (nSPS) is 15.7. The first-order valence-electron chi connectivity index (χ1n) is 11.1. The minimum absolute atomic E-state index is 0.0857. The van der Waals surface area contributed by atoms with Crippen molar-refractivity contribution in [1.82, 2.24) is 4.90 Å². The highest BCUT2D eigenvalue weighted by atomic mass is 32.2. The molecule has 1 heterocycles. The van der Waals surface area contributed by atoms with Gasteiger partial charge in [0.1, 0.15) is 11.5 Å². The summed E-state index contributed by atoms with van der Waals surface area (Å²) < 4.78 is 38.5. The monoisotopic (exact) mass is 480 g/mol. The SMILES string of the molecule is COc1ccc(NS(=O)(=O)c2ccc(C(=O)N3CCCC3Cc3cccc(OC)c3)cc2)cc1. The molecule has 3 aromatic rings. The van der Waals surface area contributed by atoms with Crippen LogP contribution in [0.15, 0.2) is 77.7 Å². The van der Waals surface area contributed by atoms with Gasteiger partial charge in [0.05, 0.1) is 19.1 Å². The summed E-state index contributed by atoms with van der Waals surface area (Å²) in [5.74, 6) is 1.35. The lowest BCUT2D eigenvalue weighted by Crippen LogP contribution is -2.36. The molecule has 0 spiro atoms. The summed E-state index contributed by atoms with van der Waals surface area (Å²) in [5.41, 5.74) is 2.02. The highest BCUT2D eigenvalue weighted by molar-refractivity contribution is 7.92. The first-order valence-corrected chi connectivity index (χ1v) is 12.6. The molecule has 1 N–H and O–H groups in total. The van der Waals surface area contributed by atoms with E-state index >= 15 is 0 Å². The van der Waals surface area contributed by atoms with Gasteiger partial charge >= 0.3 is 0 Å². The van der Waals surface area contributed by atoms with Crippen LogP contribution in [0, 0.1) is 0 Å². The molecule has 0 bridgehead atoms. The van der Waals surface area contributed by atoms with Crippen molar-refractivity contribution in [3.05, 3.63) is 83.9 Å². The van der Waals surface area contributed by atoms with Crippen LogP contribution in [-0.2, 0) is 16.4 Å². The van der Waals surface area contributed by atoms with E-state index in [4.69, 9.17) is 9.47 Å². The van der Waals surface area contributed by atoms with Crippen LogP contribution in [0.1, 0.15) is 28.8 Å². The van der Waals surface area contributed by atoms with Gasteiger partial charge in [0.2, 0.25) is 0 Å². The summed E-state index contributed by atoms with van der Waals surface area (Å²) in [6, 6.07) is 20.7. The smallest absolute Gasteiger partial charge is 0.261 e. The fraction of sp³-hybridized carbons (Fsp3) is 0.269. The van der Waals surface area contributed by atoms with Gasteiger partial charge in [-0.1, -0.05) is 12.1 Å². The van der Waals surface area contributed by atoms with E-state index in [2.05, 4.69) is 4.72 Å². The van der Waals surface area contributed by atoms with Crippen molar-refractivity contribution in [3.63, 3.8) is 0 Å². The number of benzene rings is 3. The summed E-state index contributed by atoms with van der Waals surface area (Å²) >= 11 is 0. The Morgan fingerprint density at radius 3 is 2.35 bits per heavy atom. The van der Waals surface area contributed by atoms with Crippen molar-refractivity contribution >= 4 is 21.6 Å². The summed E-state index contributed by atoms with van der Waals surface area (Å²) in [6.45, 7) is 0.687. The van der Waals surface area contributed by atoms with E-state index in [0.717, 1.165) is 30.6 Å². The average molecular weight is 481 g/mol. The van der Waals surface area contributed by atoms with Crippen molar-refractivity contribution in [3.8, 4) is 11.5 Å². The van der Waals surface area contributed by atoms with Crippen LogP contribution in [0.4, 0.5) is 5.69 Å². The van der Waals surface area contributed by atoms with E-state index in [-0.39, 0.29) is 16.8 Å². The van der Waals surface area contributed by atoms with Crippen LogP contribution in [0.5, 0.6) is 11.5 Å². The number of carbonyl (C=O) groups is 1. The molecule has 4 rings (SSSR count). The van der Waals surface area contributed by atoms with Crippen molar-refractivity contribution in [2.24, 2.45) is 0 Å². The number of nitrogens with zero attached hydrogens (tertiary/aromatic N) is 1. The predicted octanol–water partition coefficient (Wildman–Crippen LogP) is 4.35. The molecule has 0 aliphatic carbocycles. The fourth-order valence-electron chi connectivity index (χ4n) is 4.20. The lowest BCUT2D eigenvalue weighted by molar-refractivity contribution is 0.0736. The number of sulfonamides is 1. The van der Waals surface area contributed by atoms with Crippen molar-refractivity contribution in [2.75, 3.05) is 25.5 Å². The van der Waals surface area contributed by atoms with Crippen LogP contribution in [0.3, 0.4) is 0 Å². The number of rotatable bonds is 8. The second-order valence-corrected chi connectivity index (χ2v) is 9.89. The molecule has 1 amide bonds. The predicted molar refractivity (Wildman–Crippen MR) is 131 cm³/mol. The second kappa shape index (κ2) is 10.2. The zero-order valence-electron chi connectivity index (χ0n) is 19.2. The quantitative estimate of drug-likeness (QED) is 0.518. The molecule has 1 atom stereocenters. The molecular weight excluding hydrogens is 452 g/mol. The maximum Gasteiger partial charge on any atom is 0.261 e. The maximum absolute atomic E-state index is 13.2.